The van der Waals surface area contributed by atoms with Crippen LogP contribution < -0.4 is 5.32 Å². The first-order chi connectivity index (χ1) is 14.7. The molecule has 2 N–H and O–H groups in total. The minimum Gasteiger partial charge on any atom is -0.393 e. The molecule has 0 aromatic carbocycles. The number of anilines is 1. The summed E-state index contributed by atoms with van der Waals surface area (Å²) >= 11 is 6.47. The Morgan fingerprint density at radius 3 is 2.67 bits per heavy atom. The molecule has 0 saturated heterocycles. The summed E-state index contributed by atoms with van der Waals surface area (Å²) in [6.07, 6.45) is 12.2. The molecular weight excluding hydrogens is 400 g/mol. The van der Waals surface area contributed by atoms with E-state index in [-0.39, 0.29) is 12.1 Å². The number of nitrogens with one attached hydrogen (secondary N) is 1. The van der Waals surface area contributed by atoms with Crippen LogP contribution in [0.25, 0.3) is 28.2 Å². The minimum atomic E-state index is -0.197. The standard InChI is InChI=1S/C22H21ClN6O/c23-18-11-26-22(27-16-4-6-17(30)7-5-16)28-21(18)19-12-25-20-8-3-15(13-29(19)20)14-2-1-9-24-10-14/h1-3,8-13,16-17,30H,4-7H2,(H,26,27,28). The van der Waals surface area contributed by atoms with Crippen molar-refractivity contribution in [3.05, 3.63) is 60.3 Å². The fourth-order valence-corrected chi connectivity index (χ4v) is 4.07. The van der Waals surface area contributed by atoms with E-state index in [1.807, 2.05) is 41.1 Å². The Labute approximate surface area is 178 Å². The summed E-state index contributed by atoms with van der Waals surface area (Å²) in [6, 6.07) is 8.17. The number of aliphatic hydroxyl groups excluding tert-OH is 1. The van der Waals surface area contributed by atoms with E-state index in [4.69, 9.17) is 16.6 Å². The van der Waals surface area contributed by atoms with Crippen LogP contribution in [0.2, 0.25) is 5.02 Å². The molecular formula is C22H21ClN6O. The Morgan fingerprint density at radius 1 is 1.00 bits per heavy atom. The van der Waals surface area contributed by atoms with Crippen LogP contribution in [0, 0.1) is 0 Å². The van der Waals surface area contributed by atoms with E-state index in [2.05, 4.69) is 20.3 Å². The average molecular weight is 421 g/mol. The molecule has 0 radical (unpaired) electrons. The number of hydrogen-bond donors (Lipinski definition) is 2. The smallest absolute Gasteiger partial charge is 0.223 e. The van der Waals surface area contributed by atoms with Gasteiger partial charge in [-0.3, -0.25) is 9.38 Å². The largest absolute Gasteiger partial charge is 0.393 e. The van der Waals surface area contributed by atoms with Gasteiger partial charge in [-0.25, -0.2) is 15.0 Å². The average Bonchev–Trinajstić information content (AvgIpc) is 3.20. The normalized spacial score (nSPS) is 19.1. The van der Waals surface area contributed by atoms with Crippen molar-refractivity contribution in [2.75, 3.05) is 5.32 Å². The summed E-state index contributed by atoms with van der Waals surface area (Å²) in [7, 11) is 0. The van der Waals surface area contributed by atoms with Crippen LogP contribution in [-0.2, 0) is 0 Å². The van der Waals surface area contributed by atoms with Gasteiger partial charge in [0, 0.05) is 35.8 Å². The third kappa shape index (κ3) is 3.74. The molecule has 1 aliphatic rings. The number of hydrogen-bond acceptors (Lipinski definition) is 6. The maximum absolute atomic E-state index is 9.71. The van der Waals surface area contributed by atoms with Crippen LogP contribution in [-0.4, -0.2) is 41.6 Å². The van der Waals surface area contributed by atoms with Gasteiger partial charge in [0.05, 0.1) is 29.2 Å². The van der Waals surface area contributed by atoms with Gasteiger partial charge < -0.3 is 10.4 Å². The highest BCUT2D eigenvalue weighted by molar-refractivity contribution is 6.32. The Morgan fingerprint density at radius 2 is 1.87 bits per heavy atom. The lowest BCUT2D eigenvalue weighted by molar-refractivity contribution is 0.126. The molecule has 0 bridgehead atoms. The van der Waals surface area contributed by atoms with Crippen molar-refractivity contribution in [3.63, 3.8) is 0 Å². The third-order valence-electron chi connectivity index (χ3n) is 5.52. The van der Waals surface area contributed by atoms with Gasteiger partial charge in [0.15, 0.2) is 0 Å². The molecule has 4 aromatic heterocycles. The van der Waals surface area contributed by atoms with Gasteiger partial charge in [-0.05, 0) is 43.9 Å². The predicted octanol–water partition coefficient (Wildman–Crippen LogP) is 4.22. The molecule has 4 heterocycles. The summed E-state index contributed by atoms with van der Waals surface area (Å²) in [4.78, 5) is 17.8. The van der Waals surface area contributed by atoms with Gasteiger partial charge in [0.2, 0.25) is 5.95 Å². The second kappa shape index (κ2) is 8.01. The maximum Gasteiger partial charge on any atom is 0.223 e. The van der Waals surface area contributed by atoms with Crippen molar-refractivity contribution in [3.8, 4) is 22.5 Å². The Kier molecular flexibility index (Phi) is 5.06. The summed E-state index contributed by atoms with van der Waals surface area (Å²) in [6.45, 7) is 0. The minimum absolute atomic E-state index is 0.197. The van der Waals surface area contributed by atoms with Crippen LogP contribution in [0.4, 0.5) is 5.95 Å². The zero-order valence-corrected chi connectivity index (χ0v) is 17.0. The van der Waals surface area contributed by atoms with Crippen LogP contribution in [0.3, 0.4) is 0 Å². The summed E-state index contributed by atoms with van der Waals surface area (Å²) in [5.74, 6) is 0.536. The van der Waals surface area contributed by atoms with Crippen molar-refractivity contribution >= 4 is 23.2 Å². The van der Waals surface area contributed by atoms with Crippen molar-refractivity contribution in [1.29, 1.82) is 0 Å². The topological polar surface area (TPSA) is 88.2 Å². The first kappa shape index (κ1) is 19.0. The third-order valence-corrected chi connectivity index (χ3v) is 5.79. The molecule has 1 fully saturated rings. The van der Waals surface area contributed by atoms with Crippen LogP contribution in [0.1, 0.15) is 25.7 Å². The molecule has 8 heteroatoms. The number of rotatable bonds is 4. The molecule has 4 aromatic rings. The lowest BCUT2D eigenvalue weighted by Gasteiger charge is -2.26. The first-order valence-electron chi connectivity index (χ1n) is 10.0. The Bertz CT molecular complexity index is 1170. The van der Waals surface area contributed by atoms with E-state index < -0.39 is 0 Å². The summed E-state index contributed by atoms with van der Waals surface area (Å²) in [5, 5.41) is 13.6. The van der Waals surface area contributed by atoms with Crippen molar-refractivity contribution in [2.24, 2.45) is 0 Å². The van der Waals surface area contributed by atoms with Gasteiger partial charge in [0.1, 0.15) is 11.3 Å². The molecule has 30 heavy (non-hydrogen) atoms. The zero-order chi connectivity index (χ0) is 20.5. The molecule has 5 rings (SSSR count). The van der Waals surface area contributed by atoms with Gasteiger partial charge in [-0.2, -0.15) is 0 Å². The van der Waals surface area contributed by atoms with Crippen molar-refractivity contribution in [2.45, 2.75) is 37.8 Å². The summed E-state index contributed by atoms with van der Waals surface area (Å²) in [5.41, 5.74) is 4.28. The van der Waals surface area contributed by atoms with E-state index in [1.54, 1.807) is 18.6 Å². The summed E-state index contributed by atoms with van der Waals surface area (Å²) < 4.78 is 1.98. The molecule has 0 atom stereocenters. The fourth-order valence-electron chi connectivity index (χ4n) is 3.88. The second-order valence-electron chi connectivity index (χ2n) is 7.57. The molecule has 0 spiro atoms. The Balaban J connectivity index is 1.50. The van der Waals surface area contributed by atoms with Gasteiger partial charge in [0.25, 0.3) is 0 Å². The predicted molar refractivity (Wildman–Crippen MR) is 116 cm³/mol. The monoisotopic (exact) mass is 420 g/mol. The Hall–Kier alpha value is -3.03. The number of imidazole rings is 1. The molecule has 0 aliphatic heterocycles. The molecule has 1 saturated carbocycles. The van der Waals surface area contributed by atoms with E-state index >= 15 is 0 Å². The van der Waals surface area contributed by atoms with Gasteiger partial charge in [-0.1, -0.05) is 17.7 Å². The fraction of sp³-hybridized carbons (Fsp3) is 0.273. The van der Waals surface area contributed by atoms with E-state index in [1.165, 1.54) is 0 Å². The highest BCUT2D eigenvalue weighted by Crippen LogP contribution is 2.29. The van der Waals surface area contributed by atoms with Crippen molar-refractivity contribution < 1.29 is 5.11 Å². The van der Waals surface area contributed by atoms with Crippen LogP contribution >= 0.6 is 11.6 Å². The first-order valence-corrected chi connectivity index (χ1v) is 10.4. The lowest BCUT2D eigenvalue weighted by Crippen LogP contribution is -2.29. The zero-order valence-electron chi connectivity index (χ0n) is 16.2. The quantitative estimate of drug-likeness (QED) is 0.513. The molecule has 152 valence electrons. The highest BCUT2D eigenvalue weighted by Gasteiger charge is 2.21. The molecule has 1 aliphatic carbocycles. The molecule has 0 unspecified atom stereocenters. The maximum atomic E-state index is 9.71. The highest BCUT2D eigenvalue weighted by atomic mass is 35.5. The van der Waals surface area contributed by atoms with E-state index in [9.17, 15) is 5.11 Å². The number of aromatic nitrogens is 5. The van der Waals surface area contributed by atoms with Gasteiger partial charge >= 0.3 is 0 Å². The second-order valence-corrected chi connectivity index (χ2v) is 7.98. The number of halogens is 1. The molecule has 7 nitrogen and oxygen atoms in total. The van der Waals surface area contributed by atoms with Crippen molar-refractivity contribution in [1.82, 2.24) is 24.3 Å². The van der Waals surface area contributed by atoms with Crippen LogP contribution in [0.5, 0.6) is 0 Å². The SMILES string of the molecule is OC1CCC(Nc2ncc(Cl)c(-c3cnc4ccc(-c5cccnc5)cn34)n2)CC1. The number of pyridine rings is 2. The number of fused-ring (bicyclic) bond motifs is 1. The van der Waals surface area contributed by atoms with Crippen LogP contribution in [0.15, 0.2) is 55.2 Å². The number of nitrogens with zero attached hydrogens (tertiary/aromatic N) is 5. The lowest BCUT2D eigenvalue weighted by atomic mass is 9.93. The number of aliphatic hydroxyl groups is 1. The van der Waals surface area contributed by atoms with E-state index in [0.29, 0.717) is 16.7 Å². The van der Waals surface area contributed by atoms with E-state index in [0.717, 1.165) is 48.2 Å². The molecule has 0 amide bonds. The van der Waals surface area contributed by atoms with Gasteiger partial charge in [-0.15, -0.1) is 0 Å².